The third-order valence-corrected chi connectivity index (χ3v) is 5.47. The number of nitrogens with zero attached hydrogens (tertiary/aromatic N) is 1. The molecule has 0 unspecified atom stereocenters. The fourth-order valence-electron chi connectivity index (χ4n) is 4.03. The maximum absolute atomic E-state index is 14.6. The normalized spacial score (nSPS) is 19.1. The van der Waals surface area contributed by atoms with Gasteiger partial charge >= 0.3 is 0 Å². The summed E-state index contributed by atoms with van der Waals surface area (Å²) in [6.07, 6.45) is 3.10. The van der Waals surface area contributed by atoms with Gasteiger partial charge < -0.3 is 21.3 Å². The number of anilines is 1. The molecule has 0 radical (unpaired) electrons. The molecule has 1 atom stereocenters. The molecule has 2 aliphatic heterocycles. The smallest absolute Gasteiger partial charge is 0.131 e. The number of nitrogens with one attached hydrogen (secondary N) is 2. The Balaban J connectivity index is 1.87. The Morgan fingerprint density at radius 3 is 2.88 bits per heavy atom. The van der Waals surface area contributed by atoms with Crippen LogP contribution in [0.15, 0.2) is 36.2 Å². The van der Waals surface area contributed by atoms with E-state index in [2.05, 4.69) is 27.7 Å². The summed E-state index contributed by atoms with van der Waals surface area (Å²) in [6.45, 7) is 4.55. The number of rotatable bonds is 3. The summed E-state index contributed by atoms with van der Waals surface area (Å²) in [7, 11) is 2.00. The number of hydrogen-bond acceptors (Lipinski definition) is 4. The SMILES string of the molecule is CN[C@H]1CCN(c2cc(-c3c(C)cccc3F)cc3c2C=C(N)NC3)C1. The molecule has 2 heterocycles. The zero-order chi connectivity index (χ0) is 18.3. The summed E-state index contributed by atoms with van der Waals surface area (Å²) in [6, 6.07) is 9.94. The summed E-state index contributed by atoms with van der Waals surface area (Å²) in [5, 5.41) is 6.56. The van der Waals surface area contributed by atoms with Gasteiger partial charge in [-0.1, -0.05) is 12.1 Å². The van der Waals surface area contributed by atoms with Gasteiger partial charge in [-0.2, -0.15) is 0 Å². The zero-order valence-corrected chi connectivity index (χ0v) is 15.3. The first-order valence-corrected chi connectivity index (χ1v) is 9.12. The lowest BCUT2D eigenvalue weighted by atomic mass is 9.92. The first-order valence-electron chi connectivity index (χ1n) is 9.12. The van der Waals surface area contributed by atoms with E-state index in [4.69, 9.17) is 5.73 Å². The summed E-state index contributed by atoms with van der Waals surface area (Å²) in [4.78, 5) is 2.38. The fraction of sp³-hybridized carbons (Fsp3) is 0.333. The van der Waals surface area contributed by atoms with Crippen LogP contribution in [0.1, 0.15) is 23.1 Å². The lowest BCUT2D eigenvalue weighted by Gasteiger charge is -2.27. The molecule has 0 aliphatic carbocycles. The number of aryl methyl sites for hydroxylation is 1. The molecular formula is C21H25FN4. The van der Waals surface area contributed by atoms with Gasteiger partial charge in [-0.3, -0.25) is 0 Å². The van der Waals surface area contributed by atoms with Crippen LogP contribution >= 0.6 is 0 Å². The Bertz CT molecular complexity index is 854. The molecule has 0 spiro atoms. The number of hydrogen-bond donors (Lipinski definition) is 3. The predicted octanol–water partition coefficient (Wildman–Crippen LogP) is 2.96. The highest BCUT2D eigenvalue weighted by atomic mass is 19.1. The molecule has 136 valence electrons. The molecule has 4 rings (SSSR count). The van der Waals surface area contributed by atoms with Crippen molar-refractivity contribution < 1.29 is 4.39 Å². The van der Waals surface area contributed by atoms with Crippen molar-refractivity contribution in [2.24, 2.45) is 5.73 Å². The number of fused-ring (bicyclic) bond motifs is 1. The Morgan fingerprint density at radius 2 is 2.15 bits per heavy atom. The number of nitrogens with two attached hydrogens (primary N) is 1. The van der Waals surface area contributed by atoms with Crippen LogP contribution in [0.25, 0.3) is 17.2 Å². The van der Waals surface area contributed by atoms with Gasteiger partial charge in [-0.05, 0) is 61.4 Å². The van der Waals surface area contributed by atoms with E-state index < -0.39 is 0 Å². The minimum Gasteiger partial charge on any atom is -0.386 e. The largest absolute Gasteiger partial charge is 0.386 e. The van der Waals surface area contributed by atoms with Crippen LogP contribution in [0.3, 0.4) is 0 Å². The topological polar surface area (TPSA) is 53.3 Å². The van der Waals surface area contributed by atoms with Crippen LogP contribution in [-0.4, -0.2) is 26.2 Å². The van der Waals surface area contributed by atoms with Crippen molar-refractivity contribution in [3.05, 3.63) is 58.7 Å². The quantitative estimate of drug-likeness (QED) is 0.795. The van der Waals surface area contributed by atoms with Gasteiger partial charge in [0.1, 0.15) is 5.82 Å². The summed E-state index contributed by atoms with van der Waals surface area (Å²) in [5.74, 6) is 0.502. The highest BCUT2D eigenvalue weighted by Gasteiger charge is 2.26. The lowest BCUT2D eigenvalue weighted by Crippen LogP contribution is -2.30. The summed E-state index contributed by atoms with van der Waals surface area (Å²) in [5.41, 5.74) is 12.0. The van der Waals surface area contributed by atoms with Crippen molar-refractivity contribution in [1.29, 1.82) is 0 Å². The van der Waals surface area contributed by atoms with Crippen LogP contribution in [0.2, 0.25) is 0 Å². The Kier molecular flexibility index (Phi) is 4.32. The van der Waals surface area contributed by atoms with Gasteiger partial charge in [0, 0.05) is 42.5 Å². The van der Waals surface area contributed by atoms with Crippen molar-refractivity contribution in [1.82, 2.24) is 10.6 Å². The standard InChI is InChI=1S/C21H25FN4/c1-13-4-3-5-18(22)21(13)14-8-15-11-25-20(23)10-17(15)19(9-14)26-7-6-16(12-26)24-2/h3-5,8-10,16,24-25H,6-7,11-12,23H2,1-2H3/t16-/m0/s1. The van der Waals surface area contributed by atoms with E-state index in [1.165, 1.54) is 6.07 Å². The molecule has 5 heteroatoms. The van der Waals surface area contributed by atoms with E-state index in [0.29, 0.717) is 24.0 Å². The Hall–Kier alpha value is -2.53. The molecule has 4 nitrogen and oxygen atoms in total. The first kappa shape index (κ1) is 16.9. The molecule has 0 aromatic heterocycles. The second-order valence-corrected chi connectivity index (χ2v) is 7.17. The Morgan fingerprint density at radius 1 is 1.31 bits per heavy atom. The second-order valence-electron chi connectivity index (χ2n) is 7.17. The van der Waals surface area contributed by atoms with Crippen LogP contribution < -0.4 is 21.3 Å². The van der Waals surface area contributed by atoms with Crippen LogP contribution in [0.4, 0.5) is 10.1 Å². The average molecular weight is 352 g/mol. The zero-order valence-electron chi connectivity index (χ0n) is 15.3. The predicted molar refractivity (Wildman–Crippen MR) is 105 cm³/mol. The van der Waals surface area contributed by atoms with E-state index in [9.17, 15) is 4.39 Å². The van der Waals surface area contributed by atoms with Gasteiger partial charge in [0.25, 0.3) is 0 Å². The first-order chi connectivity index (χ1) is 12.6. The minimum absolute atomic E-state index is 0.177. The molecule has 0 amide bonds. The molecule has 26 heavy (non-hydrogen) atoms. The number of halogens is 1. The molecule has 4 N–H and O–H groups in total. The maximum Gasteiger partial charge on any atom is 0.131 e. The maximum atomic E-state index is 14.6. The summed E-state index contributed by atoms with van der Waals surface area (Å²) < 4.78 is 14.6. The molecule has 0 saturated carbocycles. The van der Waals surface area contributed by atoms with Crippen molar-refractivity contribution in [2.75, 3.05) is 25.0 Å². The van der Waals surface area contributed by atoms with E-state index in [-0.39, 0.29) is 5.82 Å². The van der Waals surface area contributed by atoms with Crippen LogP contribution in [-0.2, 0) is 6.54 Å². The van der Waals surface area contributed by atoms with E-state index in [1.54, 1.807) is 6.07 Å². The fourth-order valence-corrected chi connectivity index (χ4v) is 4.03. The monoisotopic (exact) mass is 352 g/mol. The molecule has 2 aromatic rings. The van der Waals surface area contributed by atoms with Crippen molar-refractivity contribution >= 4 is 11.8 Å². The van der Waals surface area contributed by atoms with Gasteiger partial charge in [0.2, 0.25) is 0 Å². The molecule has 1 fully saturated rings. The van der Waals surface area contributed by atoms with E-state index in [0.717, 1.165) is 47.5 Å². The highest BCUT2D eigenvalue weighted by molar-refractivity contribution is 5.81. The number of benzene rings is 2. The molecular weight excluding hydrogens is 327 g/mol. The van der Waals surface area contributed by atoms with Crippen molar-refractivity contribution in [3.8, 4) is 11.1 Å². The van der Waals surface area contributed by atoms with Crippen LogP contribution in [0.5, 0.6) is 0 Å². The minimum atomic E-state index is -0.177. The average Bonchev–Trinajstić information content (AvgIpc) is 3.10. The van der Waals surface area contributed by atoms with E-state index >= 15 is 0 Å². The van der Waals surface area contributed by atoms with Crippen LogP contribution in [0, 0.1) is 12.7 Å². The lowest BCUT2D eigenvalue weighted by molar-refractivity contribution is 0.617. The second kappa shape index (κ2) is 6.65. The third kappa shape index (κ3) is 2.92. The third-order valence-electron chi connectivity index (χ3n) is 5.47. The number of likely N-dealkylation sites (N-methyl/N-ethyl adjacent to an activating group) is 1. The molecule has 2 aliphatic rings. The van der Waals surface area contributed by atoms with Gasteiger partial charge in [0.05, 0.1) is 5.82 Å². The van der Waals surface area contributed by atoms with Gasteiger partial charge in [-0.25, -0.2) is 4.39 Å². The Labute approximate surface area is 153 Å². The van der Waals surface area contributed by atoms with Gasteiger partial charge in [0.15, 0.2) is 0 Å². The summed E-state index contributed by atoms with van der Waals surface area (Å²) >= 11 is 0. The van der Waals surface area contributed by atoms with Crippen molar-refractivity contribution in [2.45, 2.75) is 25.9 Å². The van der Waals surface area contributed by atoms with E-state index in [1.807, 2.05) is 26.1 Å². The van der Waals surface area contributed by atoms with Gasteiger partial charge in [-0.15, -0.1) is 0 Å². The molecule has 1 saturated heterocycles. The molecule has 2 aromatic carbocycles. The molecule has 0 bridgehead atoms. The van der Waals surface area contributed by atoms with Crippen molar-refractivity contribution in [3.63, 3.8) is 0 Å². The highest BCUT2D eigenvalue weighted by Crippen LogP contribution is 2.37.